The van der Waals surface area contributed by atoms with Crippen LogP contribution in [0.25, 0.3) is 0 Å². The maximum Gasteiger partial charge on any atom is 0.289 e. The van der Waals surface area contributed by atoms with Gasteiger partial charge in [0, 0.05) is 6.92 Å². The van der Waals surface area contributed by atoms with E-state index in [-0.39, 0.29) is 15.8 Å². The molecule has 1 N–H and O–H groups in total. The zero-order valence-corrected chi connectivity index (χ0v) is 9.33. The van der Waals surface area contributed by atoms with Gasteiger partial charge in [-0.1, -0.05) is 29.4 Å². The van der Waals surface area contributed by atoms with Crippen molar-refractivity contribution in [2.75, 3.05) is 5.32 Å². The molecule has 0 saturated carbocycles. The number of hydrogen-bond acceptors (Lipinski definition) is 2. The summed E-state index contributed by atoms with van der Waals surface area (Å²) in [4.78, 5) is 11.0. The van der Waals surface area contributed by atoms with E-state index in [1.54, 1.807) is 6.07 Å². The van der Waals surface area contributed by atoms with Gasteiger partial charge in [0.2, 0.25) is 5.91 Å². The Morgan fingerprint density at radius 3 is 2.73 bits per heavy atom. The SMILES string of the molecule is CC(=O)Nc1cccc(Cl)c1SC(F)F. The number of rotatable bonds is 3. The molecule has 6 heteroatoms. The van der Waals surface area contributed by atoms with E-state index in [1.165, 1.54) is 19.1 Å². The first-order chi connectivity index (χ1) is 7.00. The Hall–Kier alpha value is -0.810. The van der Waals surface area contributed by atoms with Crippen molar-refractivity contribution in [3.8, 4) is 0 Å². The minimum absolute atomic E-state index is 0.185. The molecule has 0 heterocycles. The standard InChI is InChI=1S/C9H8ClF2NOS/c1-5(14)13-7-4-2-3-6(10)8(7)15-9(11)12/h2-4,9H,1H3,(H,13,14). The molecule has 0 saturated heterocycles. The second-order valence-corrected chi connectivity index (χ2v) is 4.08. The summed E-state index contributed by atoms with van der Waals surface area (Å²) in [7, 11) is 0. The number of benzene rings is 1. The molecule has 1 aromatic carbocycles. The summed E-state index contributed by atoms with van der Waals surface area (Å²) in [6, 6.07) is 4.61. The molecule has 0 atom stereocenters. The number of amides is 1. The Morgan fingerprint density at radius 1 is 1.53 bits per heavy atom. The van der Waals surface area contributed by atoms with Crippen molar-refractivity contribution in [3.05, 3.63) is 23.2 Å². The lowest BCUT2D eigenvalue weighted by Crippen LogP contribution is -2.07. The summed E-state index contributed by atoms with van der Waals surface area (Å²) in [5, 5.41) is 2.64. The maximum atomic E-state index is 12.2. The third kappa shape index (κ3) is 3.68. The second-order valence-electron chi connectivity index (χ2n) is 2.68. The topological polar surface area (TPSA) is 29.1 Å². The van der Waals surface area contributed by atoms with Crippen molar-refractivity contribution in [2.24, 2.45) is 0 Å². The Morgan fingerprint density at radius 2 is 2.20 bits per heavy atom. The molecule has 1 amide bonds. The van der Waals surface area contributed by atoms with Gasteiger partial charge in [-0.3, -0.25) is 4.79 Å². The quantitative estimate of drug-likeness (QED) is 0.832. The molecular formula is C9H8ClF2NOS. The van der Waals surface area contributed by atoms with Crippen LogP contribution in [0.2, 0.25) is 5.02 Å². The molecule has 82 valence electrons. The lowest BCUT2D eigenvalue weighted by atomic mass is 10.3. The van der Waals surface area contributed by atoms with Gasteiger partial charge >= 0.3 is 0 Å². The van der Waals surface area contributed by atoms with E-state index in [4.69, 9.17) is 11.6 Å². The average Bonchev–Trinajstić information content (AvgIpc) is 2.09. The first-order valence-corrected chi connectivity index (χ1v) is 5.27. The van der Waals surface area contributed by atoms with Gasteiger partial charge in [-0.2, -0.15) is 8.78 Å². The molecule has 0 unspecified atom stereocenters. The maximum absolute atomic E-state index is 12.2. The number of carbonyl (C=O) groups excluding carboxylic acids is 1. The monoisotopic (exact) mass is 251 g/mol. The zero-order valence-electron chi connectivity index (χ0n) is 7.76. The van der Waals surface area contributed by atoms with E-state index in [2.05, 4.69) is 5.32 Å². The average molecular weight is 252 g/mol. The largest absolute Gasteiger partial charge is 0.325 e. The Bertz CT molecular complexity index is 373. The summed E-state index contributed by atoms with van der Waals surface area (Å²) < 4.78 is 24.4. The predicted octanol–water partition coefficient (Wildman–Crippen LogP) is 3.61. The number of anilines is 1. The molecule has 0 aliphatic carbocycles. The Balaban J connectivity index is 3.02. The van der Waals surface area contributed by atoms with Crippen LogP contribution in [-0.4, -0.2) is 11.7 Å². The lowest BCUT2D eigenvalue weighted by Gasteiger charge is -2.10. The van der Waals surface area contributed by atoms with Crippen LogP contribution >= 0.6 is 23.4 Å². The first-order valence-electron chi connectivity index (χ1n) is 4.01. The molecule has 0 aromatic heterocycles. The second kappa shape index (κ2) is 5.32. The van der Waals surface area contributed by atoms with E-state index >= 15 is 0 Å². The molecule has 15 heavy (non-hydrogen) atoms. The van der Waals surface area contributed by atoms with E-state index in [1.807, 2.05) is 0 Å². The summed E-state index contributed by atoms with van der Waals surface area (Å²) in [5.41, 5.74) is 0.306. The molecule has 0 fully saturated rings. The normalized spacial score (nSPS) is 10.5. The smallest absolute Gasteiger partial charge is 0.289 e. The van der Waals surface area contributed by atoms with Gasteiger partial charge in [-0.05, 0) is 12.1 Å². The van der Waals surface area contributed by atoms with Crippen LogP contribution in [0.4, 0.5) is 14.5 Å². The summed E-state index contributed by atoms with van der Waals surface area (Å²) in [5.74, 6) is -2.90. The van der Waals surface area contributed by atoms with Crippen molar-refractivity contribution in [2.45, 2.75) is 17.6 Å². The molecule has 0 radical (unpaired) electrons. The van der Waals surface area contributed by atoms with Gasteiger partial charge in [0.05, 0.1) is 15.6 Å². The van der Waals surface area contributed by atoms with Crippen LogP contribution < -0.4 is 5.32 Å². The number of hydrogen-bond donors (Lipinski definition) is 1. The lowest BCUT2D eigenvalue weighted by molar-refractivity contribution is -0.114. The molecule has 2 nitrogen and oxygen atoms in total. The van der Waals surface area contributed by atoms with Gasteiger partial charge in [0.25, 0.3) is 5.76 Å². The molecule has 0 aliphatic rings. The molecule has 0 aliphatic heterocycles. The van der Waals surface area contributed by atoms with Crippen LogP contribution in [0.1, 0.15) is 6.92 Å². The van der Waals surface area contributed by atoms with Crippen LogP contribution in [0.5, 0.6) is 0 Å². The highest BCUT2D eigenvalue weighted by atomic mass is 35.5. The molecule has 1 rings (SSSR count). The zero-order chi connectivity index (χ0) is 11.4. The highest BCUT2D eigenvalue weighted by Crippen LogP contribution is 2.37. The number of carbonyl (C=O) groups is 1. The highest BCUT2D eigenvalue weighted by molar-refractivity contribution is 7.99. The van der Waals surface area contributed by atoms with Crippen molar-refractivity contribution in [1.29, 1.82) is 0 Å². The van der Waals surface area contributed by atoms with Crippen LogP contribution in [0.3, 0.4) is 0 Å². The van der Waals surface area contributed by atoms with Crippen molar-refractivity contribution >= 4 is 35.0 Å². The molecular weight excluding hydrogens is 244 g/mol. The summed E-state index contributed by atoms with van der Waals surface area (Å²) in [6.45, 7) is 1.30. The van der Waals surface area contributed by atoms with Gasteiger partial charge in [0.1, 0.15) is 0 Å². The number of halogens is 3. The van der Waals surface area contributed by atoms with E-state index in [9.17, 15) is 13.6 Å². The Labute approximate surface area is 95.0 Å². The number of nitrogens with one attached hydrogen (secondary N) is 1. The van der Waals surface area contributed by atoms with E-state index < -0.39 is 5.76 Å². The summed E-state index contributed by atoms with van der Waals surface area (Å²) in [6.07, 6.45) is 0. The van der Waals surface area contributed by atoms with E-state index in [0.29, 0.717) is 17.4 Å². The predicted molar refractivity (Wildman–Crippen MR) is 57.6 cm³/mol. The molecule has 0 bridgehead atoms. The van der Waals surface area contributed by atoms with Crippen LogP contribution in [-0.2, 0) is 4.79 Å². The fourth-order valence-corrected chi connectivity index (χ4v) is 1.92. The number of alkyl halides is 2. The van der Waals surface area contributed by atoms with Gasteiger partial charge in [-0.25, -0.2) is 0 Å². The minimum atomic E-state index is -2.57. The third-order valence-corrected chi connectivity index (χ3v) is 2.77. The van der Waals surface area contributed by atoms with Crippen LogP contribution in [0.15, 0.2) is 23.1 Å². The van der Waals surface area contributed by atoms with Crippen molar-refractivity contribution < 1.29 is 13.6 Å². The van der Waals surface area contributed by atoms with E-state index in [0.717, 1.165) is 0 Å². The number of thioether (sulfide) groups is 1. The fourth-order valence-electron chi connectivity index (χ4n) is 1.01. The first kappa shape index (κ1) is 12.3. The Kier molecular flexibility index (Phi) is 4.35. The fraction of sp³-hybridized carbons (Fsp3) is 0.222. The molecule has 0 spiro atoms. The van der Waals surface area contributed by atoms with Gasteiger partial charge < -0.3 is 5.32 Å². The summed E-state index contributed by atoms with van der Waals surface area (Å²) >= 11 is 6.07. The van der Waals surface area contributed by atoms with Crippen LogP contribution in [0, 0.1) is 0 Å². The third-order valence-electron chi connectivity index (χ3n) is 1.48. The van der Waals surface area contributed by atoms with Crippen molar-refractivity contribution in [1.82, 2.24) is 0 Å². The van der Waals surface area contributed by atoms with Crippen molar-refractivity contribution in [3.63, 3.8) is 0 Å². The highest BCUT2D eigenvalue weighted by Gasteiger charge is 2.14. The molecule has 1 aromatic rings. The minimum Gasteiger partial charge on any atom is -0.325 e. The van der Waals surface area contributed by atoms with Gasteiger partial charge in [-0.15, -0.1) is 0 Å². The van der Waals surface area contributed by atoms with Gasteiger partial charge in [0.15, 0.2) is 0 Å².